The maximum atomic E-state index is 12.5. The van der Waals surface area contributed by atoms with Gasteiger partial charge in [-0.2, -0.15) is 0 Å². The van der Waals surface area contributed by atoms with Crippen molar-refractivity contribution in [1.29, 1.82) is 0 Å². The predicted octanol–water partition coefficient (Wildman–Crippen LogP) is 3.79. The summed E-state index contributed by atoms with van der Waals surface area (Å²) in [5.41, 5.74) is 4.07. The molecule has 3 rings (SSSR count). The summed E-state index contributed by atoms with van der Waals surface area (Å²) in [5.74, 6) is -0.338. The first-order chi connectivity index (χ1) is 10.1. The van der Waals surface area contributed by atoms with Crippen LogP contribution in [-0.2, 0) is 4.74 Å². The van der Waals surface area contributed by atoms with Crippen LogP contribution in [-0.4, -0.2) is 11.8 Å². The number of benzene rings is 2. The molecule has 0 radical (unpaired) electrons. The molecule has 0 N–H and O–H groups in total. The lowest BCUT2D eigenvalue weighted by atomic mass is 9.95. The topological polar surface area (TPSA) is 43.4 Å². The van der Waals surface area contributed by atoms with Gasteiger partial charge in [0.25, 0.3) is 0 Å². The fraction of sp³-hybridized carbons (Fsp3) is 0.222. The molecule has 1 aliphatic rings. The Morgan fingerprint density at radius 1 is 1.14 bits per heavy atom. The second kappa shape index (κ2) is 5.17. The number of Topliss-reactive ketones (excluding diaryl/α,β-unsaturated/α-hetero) is 1. The number of esters is 1. The molecule has 1 heterocycles. The van der Waals surface area contributed by atoms with E-state index in [1.807, 2.05) is 44.2 Å². The molecule has 2 aromatic carbocycles. The van der Waals surface area contributed by atoms with Gasteiger partial charge >= 0.3 is 5.97 Å². The highest BCUT2D eigenvalue weighted by molar-refractivity contribution is 6.00. The number of carbonyl (C=O) groups excluding carboxylic acids is 2. The molecular weight excluding hydrogens is 264 g/mol. The highest BCUT2D eigenvalue weighted by atomic mass is 16.5. The number of ketones is 1. The van der Waals surface area contributed by atoms with E-state index in [1.165, 1.54) is 0 Å². The zero-order valence-corrected chi connectivity index (χ0v) is 12.1. The van der Waals surface area contributed by atoms with Crippen molar-refractivity contribution in [3.05, 3.63) is 70.3 Å². The minimum Gasteiger partial charge on any atom is -0.453 e. The van der Waals surface area contributed by atoms with E-state index in [0.29, 0.717) is 11.1 Å². The van der Waals surface area contributed by atoms with Crippen LogP contribution in [0, 0.1) is 13.8 Å². The van der Waals surface area contributed by atoms with Crippen LogP contribution in [0.15, 0.2) is 42.5 Å². The van der Waals surface area contributed by atoms with Crippen LogP contribution in [0.25, 0.3) is 0 Å². The lowest BCUT2D eigenvalue weighted by Gasteiger charge is -2.11. The van der Waals surface area contributed by atoms with Gasteiger partial charge in [0.15, 0.2) is 5.78 Å². The third kappa shape index (κ3) is 2.47. The number of carbonyl (C=O) groups is 2. The number of aryl methyl sites for hydroxylation is 2. The van der Waals surface area contributed by atoms with Gasteiger partial charge in [-0.3, -0.25) is 4.79 Å². The standard InChI is InChI=1S/C18H16O3/c1-11-7-8-12(2)15(9-11)16(19)10-17-13-5-3-4-6-14(13)18(20)21-17/h3-9,17H,10H2,1-2H3. The average Bonchev–Trinajstić information content (AvgIpc) is 2.78. The zero-order chi connectivity index (χ0) is 15.0. The van der Waals surface area contributed by atoms with Gasteiger partial charge < -0.3 is 4.74 Å². The first-order valence-electron chi connectivity index (χ1n) is 6.96. The molecule has 21 heavy (non-hydrogen) atoms. The summed E-state index contributed by atoms with van der Waals surface area (Å²) in [4.78, 5) is 24.3. The van der Waals surface area contributed by atoms with Crippen molar-refractivity contribution in [3.8, 4) is 0 Å². The van der Waals surface area contributed by atoms with Crippen LogP contribution < -0.4 is 0 Å². The third-order valence-electron chi connectivity index (χ3n) is 3.84. The summed E-state index contributed by atoms with van der Waals surface area (Å²) in [6.45, 7) is 3.88. The number of ether oxygens (including phenoxy) is 1. The van der Waals surface area contributed by atoms with Crippen LogP contribution >= 0.6 is 0 Å². The van der Waals surface area contributed by atoms with E-state index < -0.39 is 6.10 Å². The van der Waals surface area contributed by atoms with E-state index in [1.54, 1.807) is 12.1 Å². The molecular formula is C18H16O3. The maximum Gasteiger partial charge on any atom is 0.339 e. The van der Waals surface area contributed by atoms with Crippen LogP contribution in [0.2, 0.25) is 0 Å². The molecule has 0 amide bonds. The Balaban J connectivity index is 1.87. The van der Waals surface area contributed by atoms with E-state index in [-0.39, 0.29) is 18.2 Å². The Hall–Kier alpha value is -2.42. The largest absolute Gasteiger partial charge is 0.453 e. The van der Waals surface area contributed by atoms with Crippen molar-refractivity contribution < 1.29 is 14.3 Å². The Labute approximate surface area is 123 Å². The Morgan fingerprint density at radius 3 is 2.71 bits per heavy atom. The van der Waals surface area contributed by atoms with E-state index in [2.05, 4.69) is 0 Å². The minimum absolute atomic E-state index is 0.00528. The van der Waals surface area contributed by atoms with E-state index >= 15 is 0 Å². The number of hydrogen-bond acceptors (Lipinski definition) is 3. The molecule has 0 aliphatic carbocycles. The van der Waals surface area contributed by atoms with Crippen molar-refractivity contribution in [2.75, 3.05) is 0 Å². The fourth-order valence-electron chi connectivity index (χ4n) is 2.69. The van der Waals surface area contributed by atoms with Gasteiger partial charge in [-0.1, -0.05) is 35.9 Å². The van der Waals surface area contributed by atoms with Gasteiger partial charge in [0.1, 0.15) is 6.10 Å². The molecule has 1 atom stereocenters. The van der Waals surface area contributed by atoms with E-state index in [4.69, 9.17) is 4.74 Å². The van der Waals surface area contributed by atoms with Gasteiger partial charge in [-0.25, -0.2) is 4.79 Å². The molecule has 1 unspecified atom stereocenters. The molecule has 0 saturated carbocycles. The quantitative estimate of drug-likeness (QED) is 0.634. The SMILES string of the molecule is Cc1ccc(C)c(C(=O)CC2OC(=O)c3ccccc32)c1. The molecule has 2 aromatic rings. The molecule has 3 nitrogen and oxygen atoms in total. The van der Waals surface area contributed by atoms with E-state index in [0.717, 1.165) is 16.7 Å². The lowest BCUT2D eigenvalue weighted by Crippen LogP contribution is -2.09. The lowest BCUT2D eigenvalue weighted by molar-refractivity contribution is 0.0367. The normalized spacial score (nSPS) is 16.5. The van der Waals surface area contributed by atoms with Gasteiger partial charge in [-0.05, 0) is 31.5 Å². The maximum absolute atomic E-state index is 12.5. The highest BCUT2D eigenvalue weighted by Gasteiger charge is 2.32. The summed E-state index contributed by atoms with van der Waals surface area (Å²) < 4.78 is 5.33. The summed E-state index contributed by atoms with van der Waals surface area (Å²) in [6.07, 6.45) is -0.284. The summed E-state index contributed by atoms with van der Waals surface area (Å²) in [7, 11) is 0. The monoisotopic (exact) mass is 280 g/mol. The second-order valence-corrected chi connectivity index (χ2v) is 5.43. The van der Waals surface area contributed by atoms with Gasteiger partial charge in [0.05, 0.1) is 12.0 Å². The van der Waals surface area contributed by atoms with Crippen molar-refractivity contribution in [2.45, 2.75) is 26.4 Å². The number of hydrogen-bond donors (Lipinski definition) is 0. The molecule has 0 bridgehead atoms. The van der Waals surface area contributed by atoms with Gasteiger partial charge in [0.2, 0.25) is 0 Å². The number of rotatable bonds is 3. The van der Waals surface area contributed by atoms with Crippen molar-refractivity contribution >= 4 is 11.8 Å². The molecule has 0 fully saturated rings. The van der Waals surface area contributed by atoms with E-state index in [9.17, 15) is 9.59 Å². The molecule has 0 aromatic heterocycles. The number of cyclic esters (lactones) is 1. The van der Waals surface area contributed by atoms with Crippen LogP contribution in [0.1, 0.15) is 49.9 Å². The van der Waals surface area contributed by atoms with Crippen LogP contribution in [0.3, 0.4) is 0 Å². The van der Waals surface area contributed by atoms with Gasteiger partial charge in [-0.15, -0.1) is 0 Å². The fourth-order valence-corrected chi connectivity index (χ4v) is 2.69. The predicted molar refractivity (Wildman–Crippen MR) is 79.5 cm³/mol. The molecule has 0 saturated heterocycles. The third-order valence-corrected chi connectivity index (χ3v) is 3.84. The van der Waals surface area contributed by atoms with Crippen molar-refractivity contribution in [2.24, 2.45) is 0 Å². The summed E-state index contributed by atoms with van der Waals surface area (Å²) in [5, 5.41) is 0. The van der Waals surface area contributed by atoms with Crippen LogP contribution in [0.4, 0.5) is 0 Å². The van der Waals surface area contributed by atoms with Crippen LogP contribution in [0.5, 0.6) is 0 Å². The van der Waals surface area contributed by atoms with Gasteiger partial charge in [0, 0.05) is 11.1 Å². The van der Waals surface area contributed by atoms with Crippen molar-refractivity contribution in [3.63, 3.8) is 0 Å². The average molecular weight is 280 g/mol. The zero-order valence-electron chi connectivity index (χ0n) is 12.1. The molecule has 1 aliphatic heterocycles. The first-order valence-corrected chi connectivity index (χ1v) is 6.96. The molecule has 106 valence electrons. The minimum atomic E-state index is -0.471. The molecule has 0 spiro atoms. The Bertz CT molecular complexity index is 731. The number of fused-ring (bicyclic) bond motifs is 1. The smallest absolute Gasteiger partial charge is 0.339 e. The summed E-state index contributed by atoms with van der Waals surface area (Å²) in [6, 6.07) is 13.1. The Kier molecular flexibility index (Phi) is 3.34. The van der Waals surface area contributed by atoms with Crippen molar-refractivity contribution in [1.82, 2.24) is 0 Å². The summed E-state index contributed by atoms with van der Waals surface area (Å²) >= 11 is 0. The first kappa shape index (κ1) is 13.6. The Morgan fingerprint density at radius 2 is 1.90 bits per heavy atom. The second-order valence-electron chi connectivity index (χ2n) is 5.43. The highest BCUT2D eigenvalue weighted by Crippen LogP contribution is 2.33. The molecule has 3 heteroatoms.